The summed E-state index contributed by atoms with van der Waals surface area (Å²) in [6, 6.07) is 11.6. The number of fused-ring (bicyclic) bond motifs is 2. The first kappa shape index (κ1) is 13.1. The number of nitrogens with zero attached hydrogens (tertiary/aromatic N) is 2. The second-order valence-corrected chi connectivity index (χ2v) is 5.84. The van der Waals surface area contributed by atoms with E-state index in [9.17, 15) is 10.5 Å². The van der Waals surface area contributed by atoms with Crippen molar-refractivity contribution in [1.29, 1.82) is 10.5 Å². The SMILES string of the molecule is N#Cc1c(Cl)c2c(c(Cl)c1C#N)Sc1ccccc1N2. The molecule has 0 atom stereocenters. The molecule has 0 fully saturated rings. The van der Waals surface area contributed by atoms with Crippen LogP contribution in [0.1, 0.15) is 11.1 Å². The number of anilines is 2. The van der Waals surface area contributed by atoms with Gasteiger partial charge in [-0.15, -0.1) is 0 Å². The quantitative estimate of drug-likeness (QED) is 0.637. The summed E-state index contributed by atoms with van der Waals surface area (Å²) in [4.78, 5) is 1.66. The minimum atomic E-state index is 0.102. The topological polar surface area (TPSA) is 59.6 Å². The number of nitriles is 2. The van der Waals surface area contributed by atoms with Crippen LogP contribution in [0.3, 0.4) is 0 Å². The lowest BCUT2D eigenvalue weighted by Gasteiger charge is -2.23. The number of halogens is 2. The molecule has 0 amide bonds. The van der Waals surface area contributed by atoms with Crippen molar-refractivity contribution >= 4 is 46.3 Å². The van der Waals surface area contributed by atoms with E-state index in [1.807, 2.05) is 36.4 Å². The molecule has 3 rings (SSSR count). The summed E-state index contributed by atoms with van der Waals surface area (Å²) in [6.45, 7) is 0. The minimum absolute atomic E-state index is 0.102. The van der Waals surface area contributed by atoms with E-state index in [0.29, 0.717) is 10.6 Å². The lowest BCUT2D eigenvalue weighted by Crippen LogP contribution is -2.04. The third kappa shape index (κ3) is 1.82. The zero-order chi connectivity index (χ0) is 14.3. The Kier molecular flexibility index (Phi) is 3.23. The molecule has 0 aliphatic carbocycles. The van der Waals surface area contributed by atoms with Crippen molar-refractivity contribution in [3.05, 3.63) is 45.4 Å². The average molecular weight is 318 g/mol. The van der Waals surface area contributed by atoms with Gasteiger partial charge in [-0.25, -0.2) is 0 Å². The first-order valence-corrected chi connectivity index (χ1v) is 7.13. The zero-order valence-corrected chi connectivity index (χ0v) is 12.2. The van der Waals surface area contributed by atoms with E-state index in [0.717, 1.165) is 10.6 Å². The number of nitrogens with one attached hydrogen (secondary N) is 1. The van der Waals surface area contributed by atoms with Crippen LogP contribution < -0.4 is 5.32 Å². The van der Waals surface area contributed by atoms with Crippen LogP contribution in [-0.4, -0.2) is 0 Å². The highest BCUT2D eigenvalue weighted by molar-refractivity contribution is 7.99. The van der Waals surface area contributed by atoms with Gasteiger partial charge in [-0.3, -0.25) is 0 Å². The Labute approximate surface area is 129 Å². The highest BCUT2D eigenvalue weighted by atomic mass is 35.5. The molecular formula is C14H5Cl2N3S. The first-order valence-electron chi connectivity index (χ1n) is 5.56. The van der Waals surface area contributed by atoms with Crippen molar-refractivity contribution < 1.29 is 0 Å². The van der Waals surface area contributed by atoms with Gasteiger partial charge in [0.2, 0.25) is 0 Å². The fourth-order valence-electron chi connectivity index (χ4n) is 1.99. The molecule has 3 nitrogen and oxygen atoms in total. The molecule has 20 heavy (non-hydrogen) atoms. The Morgan fingerprint density at radius 3 is 2.35 bits per heavy atom. The van der Waals surface area contributed by atoms with E-state index in [4.69, 9.17) is 23.2 Å². The standard InChI is InChI=1S/C14H5Cl2N3S/c15-11-7(5-17)8(6-18)12(16)14-13(11)19-9-3-1-2-4-10(9)20-14/h1-4,19H. The Morgan fingerprint density at radius 2 is 1.65 bits per heavy atom. The molecule has 0 spiro atoms. The third-order valence-electron chi connectivity index (χ3n) is 2.92. The molecule has 96 valence electrons. The molecule has 0 aromatic heterocycles. The van der Waals surface area contributed by atoms with Crippen LogP contribution >= 0.6 is 35.0 Å². The van der Waals surface area contributed by atoms with Crippen LogP contribution in [0.15, 0.2) is 34.1 Å². The van der Waals surface area contributed by atoms with E-state index in [1.54, 1.807) is 0 Å². The van der Waals surface area contributed by atoms with Gasteiger partial charge in [0.25, 0.3) is 0 Å². The van der Waals surface area contributed by atoms with E-state index in [-0.39, 0.29) is 21.2 Å². The molecule has 0 radical (unpaired) electrons. The predicted molar refractivity (Wildman–Crippen MR) is 79.7 cm³/mol. The van der Waals surface area contributed by atoms with Gasteiger partial charge in [-0.05, 0) is 12.1 Å². The molecule has 1 aliphatic heterocycles. The van der Waals surface area contributed by atoms with Crippen molar-refractivity contribution in [2.75, 3.05) is 5.32 Å². The monoisotopic (exact) mass is 317 g/mol. The smallest absolute Gasteiger partial charge is 0.102 e. The van der Waals surface area contributed by atoms with E-state index in [1.165, 1.54) is 11.8 Å². The van der Waals surface area contributed by atoms with Crippen LogP contribution in [0.4, 0.5) is 11.4 Å². The number of para-hydroxylation sites is 1. The largest absolute Gasteiger partial charge is 0.352 e. The summed E-state index contributed by atoms with van der Waals surface area (Å²) in [5, 5.41) is 22.0. The second-order valence-electron chi connectivity index (χ2n) is 4.03. The molecule has 1 N–H and O–H groups in total. The predicted octanol–water partition coefficient (Wildman–Crippen LogP) is 4.94. The van der Waals surface area contributed by atoms with Crippen LogP contribution in [0.25, 0.3) is 0 Å². The normalized spacial score (nSPS) is 11.6. The lowest BCUT2D eigenvalue weighted by molar-refractivity contribution is 1.29. The molecule has 2 aromatic rings. The van der Waals surface area contributed by atoms with Crippen molar-refractivity contribution in [2.45, 2.75) is 9.79 Å². The van der Waals surface area contributed by atoms with Gasteiger partial charge >= 0.3 is 0 Å². The molecule has 6 heteroatoms. The van der Waals surface area contributed by atoms with Gasteiger partial charge in [0.05, 0.1) is 37.4 Å². The second kappa shape index (κ2) is 4.92. The highest BCUT2D eigenvalue weighted by Crippen LogP contribution is 2.52. The Hall–Kier alpha value is -1.85. The van der Waals surface area contributed by atoms with Crippen LogP contribution in [0, 0.1) is 22.7 Å². The van der Waals surface area contributed by atoms with Crippen LogP contribution in [0.5, 0.6) is 0 Å². The van der Waals surface area contributed by atoms with Gasteiger partial charge in [0, 0.05) is 4.90 Å². The molecule has 0 bridgehead atoms. The van der Waals surface area contributed by atoms with Gasteiger partial charge < -0.3 is 5.32 Å². The Balaban J connectivity index is 2.30. The maximum atomic E-state index is 9.18. The van der Waals surface area contributed by atoms with E-state index in [2.05, 4.69) is 5.32 Å². The Morgan fingerprint density at radius 1 is 1.00 bits per heavy atom. The number of hydrogen-bond donors (Lipinski definition) is 1. The summed E-state index contributed by atoms with van der Waals surface area (Å²) in [5.74, 6) is 0. The lowest BCUT2D eigenvalue weighted by atomic mass is 10.1. The average Bonchev–Trinajstić information content (AvgIpc) is 2.49. The summed E-state index contributed by atoms with van der Waals surface area (Å²) >= 11 is 13.9. The zero-order valence-electron chi connectivity index (χ0n) is 9.87. The minimum Gasteiger partial charge on any atom is -0.352 e. The molecule has 1 heterocycles. The fraction of sp³-hybridized carbons (Fsp3) is 0. The summed E-state index contributed by atoms with van der Waals surface area (Å²) in [6.07, 6.45) is 0. The molecule has 2 aromatic carbocycles. The van der Waals surface area contributed by atoms with Crippen LogP contribution in [-0.2, 0) is 0 Å². The van der Waals surface area contributed by atoms with Gasteiger partial charge in [0.15, 0.2) is 0 Å². The first-order chi connectivity index (χ1) is 9.67. The third-order valence-corrected chi connectivity index (χ3v) is 4.97. The number of hydrogen-bond acceptors (Lipinski definition) is 4. The number of benzene rings is 2. The molecule has 1 aliphatic rings. The molecule has 0 unspecified atom stereocenters. The molecular weight excluding hydrogens is 313 g/mol. The van der Waals surface area contributed by atoms with E-state index < -0.39 is 0 Å². The molecule has 0 saturated carbocycles. The fourth-order valence-corrected chi connectivity index (χ4v) is 3.71. The maximum Gasteiger partial charge on any atom is 0.102 e. The molecule has 0 saturated heterocycles. The van der Waals surface area contributed by atoms with Gasteiger partial charge in [-0.2, -0.15) is 10.5 Å². The maximum absolute atomic E-state index is 9.18. The van der Waals surface area contributed by atoms with Crippen molar-refractivity contribution in [3.63, 3.8) is 0 Å². The van der Waals surface area contributed by atoms with Gasteiger partial charge in [0.1, 0.15) is 12.1 Å². The summed E-state index contributed by atoms with van der Waals surface area (Å²) in [5.41, 5.74) is 1.70. The summed E-state index contributed by atoms with van der Waals surface area (Å²) in [7, 11) is 0. The number of rotatable bonds is 0. The van der Waals surface area contributed by atoms with Crippen molar-refractivity contribution in [2.24, 2.45) is 0 Å². The van der Waals surface area contributed by atoms with Crippen LogP contribution in [0.2, 0.25) is 10.0 Å². The Bertz CT molecular complexity index is 751. The van der Waals surface area contributed by atoms with E-state index >= 15 is 0 Å². The van der Waals surface area contributed by atoms with Crippen molar-refractivity contribution in [3.8, 4) is 12.1 Å². The summed E-state index contributed by atoms with van der Waals surface area (Å²) < 4.78 is 0. The van der Waals surface area contributed by atoms with Gasteiger partial charge in [-0.1, -0.05) is 47.1 Å². The van der Waals surface area contributed by atoms with Crippen molar-refractivity contribution in [1.82, 2.24) is 0 Å². The highest BCUT2D eigenvalue weighted by Gasteiger charge is 2.26.